The van der Waals surface area contributed by atoms with E-state index in [1.54, 1.807) is 12.1 Å². The van der Waals surface area contributed by atoms with Gasteiger partial charge in [-0.25, -0.2) is 10.5 Å². The summed E-state index contributed by atoms with van der Waals surface area (Å²) in [5.74, 6) is -0.373. The van der Waals surface area contributed by atoms with Crippen molar-refractivity contribution >= 4 is 16.8 Å². The third-order valence-electron chi connectivity index (χ3n) is 6.49. The van der Waals surface area contributed by atoms with Gasteiger partial charge in [0.05, 0.1) is 23.7 Å². The molecule has 0 aliphatic carbocycles. The van der Waals surface area contributed by atoms with E-state index in [-0.39, 0.29) is 11.5 Å². The molecule has 0 spiro atoms. The molecule has 7 nitrogen and oxygen atoms in total. The second-order valence-corrected chi connectivity index (χ2v) is 8.71. The Kier molecular flexibility index (Phi) is 6.39. The number of hydroxylamine groups is 1. The third kappa shape index (κ3) is 4.31. The second kappa shape index (κ2) is 9.22. The van der Waals surface area contributed by atoms with Crippen molar-refractivity contribution in [2.24, 2.45) is 0 Å². The number of fused-ring (bicyclic) bond motifs is 1. The van der Waals surface area contributed by atoms with Crippen LogP contribution in [0.3, 0.4) is 0 Å². The highest BCUT2D eigenvalue weighted by Gasteiger charge is 2.24. The SMILES string of the molecule is CONC(=O)c1ccc(C)c(-n2cnc3ccc(CN4C(C)CCCC4C)cc3c2=O)c1. The van der Waals surface area contributed by atoms with Gasteiger partial charge in [0.2, 0.25) is 0 Å². The Labute approximate surface area is 188 Å². The zero-order valence-corrected chi connectivity index (χ0v) is 19.1. The van der Waals surface area contributed by atoms with Gasteiger partial charge >= 0.3 is 0 Å². The van der Waals surface area contributed by atoms with Crippen LogP contribution in [0.5, 0.6) is 0 Å². The molecule has 4 rings (SSSR count). The first-order chi connectivity index (χ1) is 15.4. The monoisotopic (exact) mass is 434 g/mol. The molecule has 0 radical (unpaired) electrons. The van der Waals surface area contributed by atoms with Crippen LogP contribution in [-0.2, 0) is 11.4 Å². The van der Waals surface area contributed by atoms with Crippen LogP contribution in [0.1, 0.15) is 54.6 Å². The van der Waals surface area contributed by atoms with E-state index in [0.29, 0.717) is 34.2 Å². The molecule has 0 bridgehead atoms. The molecule has 168 valence electrons. The molecule has 7 heteroatoms. The fourth-order valence-corrected chi connectivity index (χ4v) is 4.60. The molecule has 2 unspecified atom stereocenters. The first-order valence-electron chi connectivity index (χ1n) is 11.1. The smallest absolute Gasteiger partial charge is 0.274 e. The standard InChI is InChI=1S/C25H30N4O3/c1-16-8-10-20(24(30)27-32-4)13-23(16)29-15-26-22-11-9-19(12-21(22)25(29)31)14-28-17(2)6-5-7-18(28)3/h8-13,15,17-18H,5-7,14H2,1-4H3,(H,27,30). The maximum Gasteiger partial charge on any atom is 0.274 e. The van der Waals surface area contributed by atoms with E-state index in [9.17, 15) is 9.59 Å². The Morgan fingerprint density at radius 3 is 2.62 bits per heavy atom. The summed E-state index contributed by atoms with van der Waals surface area (Å²) in [4.78, 5) is 37.4. The summed E-state index contributed by atoms with van der Waals surface area (Å²) in [6, 6.07) is 12.2. The van der Waals surface area contributed by atoms with Crippen molar-refractivity contribution in [1.82, 2.24) is 19.9 Å². The van der Waals surface area contributed by atoms with Crippen LogP contribution < -0.4 is 11.0 Å². The van der Waals surface area contributed by atoms with E-state index >= 15 is 0 Å². The third-order valence-corrected chi connectivity index (χ3v) is 6.49. The largest absolute Gasteiger partial charge is 0.294 e. The maximum absolute atomic E-state index is 13.4. The fraction of sp³-hybridized carbons (Fsp3) is 0.400. The topological polar surface area (TPSA) is 76.5 Å². The Morgan fingerprint density at radius 2 is 1.91 bits per heavy atom. The molecule has 1 amide bonds. The van der Waals surface area contributed by atoms with Crippen LogP contribution in [0.2, 0.25) is 0 Å². The molecule has 1 aliphatic rings. The second-order valence-electron chi connectivity index (χ2n) is 8.71. The van der Waals surface area contributed by atoms with Crippen LogP contribution in [-0.4, -0.2) is 39.6 Å². The molecule has 1 N–H and O–H groups in total. The summed E-state index contributed by atoms with van der Waals surface area (Å²) < 4.78 is 1.51. The van der Waals surface area contributed by atoms with Crippen molar-refractivity contribution in [3.8, 4) is 5.69 Å². The summed E-state index contributed by atoms with van der Waals surface area (Å²) >= 11 is 0. The zero-order valence-electron chi connectivity index (χ0n) is 19.1. The highest BCUT2D eigenvalue weighted by Crippen LogP contribution is 2.25. The number of carbonyl (C=O) groups is 1. The number of hydrogen-bond donors (Lipinski definition) is 1. The number of hydrogen-bond acceptors (Lipinski definition) is 5. The highest BCUT2D eigenvalue weighted by atomic mass is 16.6. The summed E-state index contributed by atoms with van der Waals surface area (Å²) in [7, 11) is 1.38. The van der Waals surface area contributed by atoms with Gasteiger partial charge in [0.25, 0.3) is 11.5 Å². The van der Waals surface area contributed by atoms with Crippen molar-refractivity contribution in [3.05, 3.63) is 69.8 Å². The van der Waals surface area contributed by atoms with E-state index in [4.69, 9.17) is 4.84 Å². The predicted molar refractivity (Wildman–Crippen MR) is 125 cm³/mol. The number of nitrogens with zero attached hydrogens (tertiary/aromatic N) is 3. The molecule has 1 fully saturated rings. The molecule has 1 aromatic heterocycles. The minimum Gasteiger partial charge on any atom is -0.294 e. The zero-order chi connectivity index (χ0) is 22.8. The van der Waals surface area contributed by atoms with Crippen molar-refractivity contribution in [1.29, 1.82) is 0 Å². The van der Waals surface area contributed by atoms with Crippen LogP contribution in [0.15, 0.2) is 47.5 Å². The van der Waals surface area contributed by atoms with Crippen molar-refractivity contribution in [3.63, 3.8) is 0 Å². The summed E-state index contributed by atoms with van der Waals surface area (Å²) in [5.41, 5.74) is 5.84. The number of piperidine rings is 1. The Hall–Kier alpha value is -3.03. The van der Waals surface area contributed by atoms with Gasteiger partial charge < -0.3 is 0 Å². The minimum absolute atomic E-state index is 0.149. The molecular formula is C25H30N4O3. The number of amides is 1. The molecule has 32 heavy (non-hydrogen) atoms. The maximum atomic E-state index is 13.4. The van der Waals surface area contributed by atoms with Gasteiger partial charge in [0.15, 0.2) is 0 Å². The fourth-order valence-electron chi connectivity index (χ4n) is 4.60. The average Bonchev–Trinajstić information content (AvgIpc) is 2.78. The Morgan fingerprint density at radius 1 is 1.16 bits per heavy atom. The highest BCUT2D eigenvalue weighted by molar-refractivity contribution is 5.94. The van der Waals surface area contributed by atoms with Crippen LogP contribution in [0, 0.1) is 6.92 Å². The normalized spacial score (nSPS) is 19.2. The van der Waals surface area contributed by atoms with Crippen molar-refractivity contribution < 1.29 is 9.63 Å². The first kappa shape index (κ1) is 22.2. The van der Waals surface area contributed by atoms with Gasteiger partial charge in [-0.3, -0.25) is 23.9 Å². The number of aromatic nitrogens is 2. The average molecular weight is 435 g/mol. The van der Waals surface area contributed by atoms with Gasteiger partial charge in [-0.15, -0.1) is 0 Å². The first-order valence-corrected chi connectivity index (χ1v) is 11.1. The lowest BCUT2D eigenvalue weighted by Gasteiger charge is -2.39. The van der Waals surface area contributed by atoms with E-state index < -0.39 is 0 Å². The molecule has 2 aromatic carbocycles. The van der Waals surface area contributed by atoms with Crippen LogP contribution >= 0.6 is 0 Å². The van der Waals surface area contributed by atoms with E-state index in [0.717, 1.165) is 17.7 Å². The minimum atomic E-state index is -0.373. The number of aryl methyl sites for hydroxylation is 1. The van der Waals surface area contributed by atoms with Gasteiger partial charge in [-0.1, -0.05) is 18.6 Å². The quantitative estimate of drug-likeness (QED) is 0.619. The molecule has 1 saturated heterocycles. The lowest BCUT2D eigenvalue weighted by atomic mass is 9.96. The number of carbonyl (C=O) groups excluding carboxylic acids is 1. The number of nitrogens with one attached hydrogen (secondary N) is 1. The van der Waals surface area contributed by atoms with Gasteiger partial charge in [-0.2, -0.15) is 0 Å². The van der Waals surface area contributed by atoms with Crippen LogP contribution in [0.25, 0.3) is 16.6 Å². The van der Waals surface area contributed by atoms with E-state index in [1.807, 2.05) is 25.1 Å². The summed E-state index contributed by atoms with van der Waals surface area (Å²) in [5, 5.41) is 0.577. The number of rotatable bonds is 5. The van der Waals surface area contributed by atoms with Gasteiger partial charge in [0.1, 0.15) is 6.33 Å². The molecular weight excluding hydrogens is 404 g/mol. The van der Waals surface area contributed by atoms with Crippen LogP contribution in [0.4, 0.5) is 0 Å². The number of likely N-dealkylation sites (tertiary alicyclic amines) is 1. The molecule has 3 aromatic rings. The molecule has 2 heterocycles. The molecule has 1 aliphatic heterocycles. The van der Waals surface area contributed by atoms with E-state index in [1.165, 1.54) is 37.3 Å². The molecule has 2 atom stereocenters. The predicted octanol–water partition coefficient (Wildman–Crippen LogP) is 3.75. The van der Waals surface area contributed by atoms with Crippen molar-refractivity contribution in [2.75, 3.05) is 7.11 Å². The number of benzene rings is 2. The molecule has 0 saturated carbocycles. The Bertz CT molecular complexity index is 1190. The van der Waals surface area contributed by atoms with E-state index in [2.05, 4.69) is 35.3 Å². The van der Waals surface area contributed by atoms with Crippen molar-refractivity contribution in [2.45, 2.75) is 58.7 Å². The lowest BCUT2D eigenvalue weighted by molar-refractivity contribution is 0.0537. The summed E-state index contributed by atoms with van der Waals surface area (Å²) in [6.07, 6.45) is 5.21. The Balaban J connectivity index is 1.73. The summed E-state index contributed by atoms with van der Waals surface area (Å²) in [6.45, 7) is 7.28. The van der Waals surface area contributed by atoms with Gasteiger partial charge in [0, 0.05) is 24.2 Å². The van der Waals surface area contributed by atoms with Gasteiger partial charge in [-0.05, 0) is 69.0 Å². The lowest BCUT2D eigenvalue weighted by Crippen LogP contribution is -2.42.